The molecule has 17 nitrogen and oxygen atoms in total. The molecule has 0 aromatic carbocycles. The number of aliphatic hydroxyl groups excluding tert-OH is 1. The van der Waals surface area contributed by atoms with Crippen LogP contribution in [-0.2, 0) is 65.4 Å². The second kappa shape index (κ2) is 63.5. The van der Waals surface area contributed by atoms with Gasteiger partial charge in [-0.25, -0.2) is 9.13 Å². The van der Waals surface area contributed by atoms with Crippen LogP contribution < -0.4 is 0 Å². The van der Waals surface area contributed by atoms with Gasteiger partial charge in [-0.15, -0.1) is 0 Å². The summed E-state index contributed by atoms with van der Waals surface area (Å²) in [6, 6.07) is 0. The first kappa shape index (κ1) is 91.1. The van der Waals surface area contributed by atoms with E-state index in [2.05, 4.69) is 55.4 Å². The molecule has 0 aromatic heterocycles. The van der Waals surface area contributed by atoms with Crippen LogP contribution in [0.15, 0.2) is 0 Å². The number of phosphoric ester groups is 2. The summed E-state index contributed by atoms with van der Waals surface area (Å²) < 4.78 is 68.4. The maximum Gasteiger partial charge on any atom is 0.472 e. The fourth-order valence-electron chi connectivity index (χ4n) is 11.1. The topological polar surface area (TPSA) is 237 Å². The van der Waals surface area contributed by atoms with Crippen molar-refractivity contribution in [3.8, 4) is 0 Å². The van der Waals surface area contributed by atoms with Crippen LogP contribution in [0.3, 0.4) is 0 Å². The first-order valence-electron chi connectivity index (χ1n) is 38.3. The van der Waals surface area contributed by atoms with Crippen molar-refractivity contribution in [2.24, 2.45) is 23.7 Å². The van der Waals surface area contributed by atoms with Crippen LogP contribution in [0.4, 0.5) is 0 Å². The predicted molar refractivity (Wildman–Crippen MR) is 377 cm³/mol. The number of phosphoric acid groups is 2. The normalized spacial score (nSPS) is 15.1. The highest BCUT2D eigenvalue weighted by Crippen LogP contribution is 2.45. The molecule has 0 bridgehead atoms. The third-order valence-corrected chi connectivity index (χ3v) is 20.1. The lowest BCUT2D eigenvalue weighted by Gasteiger charge is -2.21. The van der Waals surface area contributed by atoms with E-state index in [0.29, 0.717) is 31.6 Å². The monoisotopic (exact) mass is 1370 g/mol. The second-order valence-corrected chi connectivity index (χ2v) is 30.8. The summed E-state index contributed by atoms with van der Waals surface area (Å²) in [4.78, 5) is 72.7. The Balaban J connectivity index is 5.23. The smallest absolute Gasteiger partial charge is 0.462 e. The molecule has 552 valence electrons. The molecule has 0 rings (SSSR count). The highest BCUT2D eigenvalue weighted by Gasteiger charge is 2.30. The number of rotatable bonds is 71. The standard InChI is InChI=1S/C74H144O17P2/c1-9-65(6)51-43-35-26-20-16-14-12-13-15-17-23-30-40-48-56-73(78)90-70(61-85-72(77)55-47-39-33-32-34-42-50-64(4)5)63-89-93(82,83)87-59-68(75)58-86-92(80,81)88-62-69(91-74(79)57-49-41-31-25-24-28-37-45-53-67(8)11-3)60-84-71(76)54-46-38-29-22-19-18-21-27-36-44-52-66(7)10-2/h64-70,75H,9-63H2,1-8H3,(H,80,81)(H,82,83)/t65?,66?,67?,68-,69-,70-/m1/s1. The third-order valence-electron chi connectivity index (χ3n) is 18.2. The fourth-order valence-corrected chi connectivity index (χ4v) is 12.7. The molecule has 0 amide bonds. The number of ether oxygens (including phenoxy) is 4. The van der Waals surface area contributed by atoms with Crippen LogP contribution in [-0.4, -0.2) is 96.7 Å². The van der Waals surface area contributed by atoms with E-state index < -0.39 is 97.5 Å². The van der Waals surface area contributed by atoms with Crippen molar-refractivity contribution >= 4 is 39.5 Å². The lowest BCUT2D eigenvalue weighted by molar-refractivity contribution is -0.161. The SMILES string of the molecule is CCC(C)CCCCCCCCCCCCCCCCC(=O)O[C@H](COC(=O)CCCCCCCCC(C)C)COP(=O)(O)OC[C@H](O)COP(=O)(O)OC[C@@H](COC(=O)CCCCCCCCCCCCC(C)CC)OC(=O)CCCCCCCCCCC(C)CC. The Morgan fingerprint density at radius 1 is 0.301 bits per heavy atom. The minimum atomic E-state index is -4.95. The summed E-state index contributed by atoms with van der Waals surface area (Å²) in [7, 11) is -9.91. The van der Waals surface area contributed by atoms with Crippen LogP contribution in [0, 0.1) is 23.7 Å². The fraction of sp³-hybridized carbons (Fsp3) is 0.946. The maximum atomic E-state index is 13.0. The molecule has 93 heavy (non-hydrogen) atoms. The van der Waals surface area contributed by atoms with Gasteiger partial charge in [0.15, 0.2) is 12.2 Å². The molecule has 5 unspecified atom stereocenters. The average Bonchev–Trinajstić information content (AvgIpc) is 2.48. The number of unbranched alkanes of at least 4 members (excludes halogenated alkanes) is 34. The van der Waals surface area contributed by atoms with Gasteiger partial charge in [0, 0.05) is 25.7 Å². The van der Waals surface area contributed by atoms with Crippen molar-refractivity contribution in [2.75, 3.05) is 39.6 Å². The van der Waals surface area contributed by atoms with Crippen molar-refractivity contribution in [2.45, 2.75) is 388 Å². The Morgan fingerprint density at radius 2 is 0.516 bits per heavy atom. The number of aliphatic hydroxyl groups is 1. The molecule has 8 atom stereocenters. The Kier molecular flexibility index (Phi) is 62.2. The lowest BCUT2D eigenvalue weighted by Crippen LogP contribution is -2.30. The molecule has 0 radical (unpaired) electrons. The van der Waals surface area contributed by atoms with E-state index in [0.717, 1.165) is 114 Å². The minimum Gasteiger partial charge on any atom is -0.462 e. The molecule has 3 N–H and O–H groups in total. The summed E-state index contributed by atoms with van der Waals surface area (Å²) >= 11 is 0. The van der Waals surface area contributed by atoms with Crippen molar-refractivity contribution in [1.29, 1.82) is 0 Å². The Labute approximate surface area is 568 Å². The molecule has 0 aromatic rings. The van der Waals surface area contributed by atoms with Gasteiger partial charge in [-0.1, -0.05) is 319 Å². The van der Waals surface area contributed by atoms with E-state index in [4.69, 9.17) is 37.0 Å². The molecule has 0 aliphatic heterocycles. The van der Waals surface area contributed by atoms with Gasteiger partial charge in [-0.05, 0) is 49.4 Å². The van der Waals surface area contributed by atoms with Crippen LogP contribution in [0.5, 0.6) is 0 Å². The molecule has 0 heterocycles. The van der Waals surface area contributed by atoms with Crippen molar-refractivity contribution in [3.63, 3.8) is 0 Å². The van der Waals surface area contributed by atoms with Gasteiger partial charge < -0.3 is 33.8 Å². The number of carbonyl (C=O) groups is 4. The highest BCUT2D eigenvalue weighted by molar-refractivity contribution is 7.47. The molecular weight excluding hydrogens is 1220 g/mol. The number of hydrogen-bond donors (Lipinski definition) is 3. The number of esters is 4. The van der Waals surface area contributed by atoms with Gasteiger partial charge in [0.1, 0.15) is 19.3 Å². The minimum absolute atomic E-state index is 0.104. The molecule has 19 heteroatoms. The summed E-state index contributed by atoms with van der Waals surface area (Å²) in [6.45, 7) is 14.2. The Bertz CT molecular complexity index is 1840. The predicted octanol–water partition coefficient (Wildman–Crippen LogP) is 21.3. The van der Waals surface area contributed by atoms with Gasteiger partial charge in [-0.2, -0.15) is 0 Å². The summed E-state index contributed by atoms with van der Waals surface area (Å²) in [5.41, 5.74) is 0. The maximum absolute atomic E-state index is 13.0. The third kappa shape index (κ3) is 64.5. The van der Waals surface area contributed by atoms with E-state index in [1.54, 1.807) is 0 Å². The first-order valence-corrected chi connectivity index (χ1v) is 41.3. The van der Waals surface area contributed by atoms with E-state index in [9.17, 15) is 43.2 Å². The Morgan fingerprint density at radius 3 is 0.763 bits per heavy atom. The second-order valence-electron chi connectivity index (χ2n) is 27.9. The highest BCUT2D eigenvalue weighted by atomic mass is 31.2. The molecular formula is C74H144O17P2. The zero-order valence-corrected chi connectivity index (χ0v) is 62.7. The first-order chi connectivity index (χ1) is 44.7. The lowest BCUT2D eigenvalue weighted by atomic mass is 9.99. The van der Waals surface area contributed by atoms with E-state index in [-0.39, 0.29) is 25.7 Å². The molecule has 0 spiro atoms. The number of hydrogen-bond acceptors (Lipinski definition) is 15. The Hall–Kier alpha value is -1.94. The summed E-state index contributed by atoms with van der Waals surface area (Å²) in [5.74, 6) is 0.978. The van der Waals surface area contributed by atoms with E-state index >= 15 is 0 Å². The van der Waals surface area contributed by atoms with Gasteiger partial charge in [0.05, 0.1) is 26.4 Å². The zero-order chi connectivity index (χ0) is 68.9. The average molecular weight is 1370 g/mol. The van der Waals surface area contributed by atoms with Gasteiger partial charge in [0.25, 0.3) is 0 Å². The van der Waals surface area contributed by atoms with Crippen LogP contribution >= 0.6 is 15.6 Å². The molecule has 0 aliphatic rings. The quantitative estimate of drug-likeness (QED) is 0.0222. The van der Waals surface area contributed by atoms with Gasteiger partial charge >= 0.3 is 39.5 Å². The molecule has 0 saturated carbocycles. The van der Waals surface area contributed by atoms with Gasteiger partial charge in [0.2, 0.25) is 0 Å². The largest absolute Gasteiger partial charge is 0.472 e. The molecule has 0 aliphatic carbocycles. The van der Waals surface area contributed by atoms with Crippen LogP contribution in [0.25, 0.3) is 0 Å². The van der Waals surface area contributed by atoms with Crippen molar-refractivity contribution in [3.05, 3.63) is 0 Å². The van der Waals surface area contributed by atoms with Crippen LogP contribution in [0.1, 0.15) is 370 Å². The van der Waals surface area contributed by atoms with Gasteiger partial charge in [-0.3, -0.25) is 37.3 Å². The van der Waals surface area contributed by atoms with Crippen LogP contribution in [0.2, 0.25) is 0 Å². The number of carbonyl (C=O) groups excluding carboxylic acids is 4. The van der Waals surface area contributed by atoms with Crippen molar-refractivity contribution in [1.82, 2.24) is 0 Å². The van der Waals surface area contributed by atoms with Crippen molar-refractivity contribution < 1.29 is 80.2 Å². The molecule has 0 saturated heterocycles. The summed E-state index contributed by atoms with van der Waals surface area (Å²) in [5, 5.41) is 10.6. The molecule has 0 fully saturated rings. The zero-order valence-electron chi connectivity index (χ0n) is 60.9. The van der Waals surface area contributed by atoms with E-state index in [1.807, 2.05) is 0 Å². The summed E-state index contributed by atoms with van der Waals surface area (Å²) in [6.07, 6.45) is 47.2. The van der Waals surface area contributed by atoms with E-state index in [1.165, 1.54) is 167 Å².